The Morgan fingerprint density at radius 2 is 1.81 bits per heavy atom. The van der Waals surface area contributed by atoms with E-state index in [4.69, 9.17) is 20.4 Å². The molecule has 6 heteroatoms. The number of rotatable bonds is 4. The highest BCUT2D eigenvalue weighted by atomic mass is 16.5. The lowest BCUT2D eigenvalue weighted by Gasteiger charge is -2.30. The van der Waals surface area contributed by atoms with Crippen molar-refractivity contribution >= 4 is 11.5 Å². The smallest absolute Gasteiger partial charge is 0.162 e. The molecule has 0 radical (unpaired) electrons. The van der Waals surface area contributed by atoms with Crippen molar-refractivity contribution in [2.45, 2.75) is 13.3 Å². The van der Waals surface area contributed by atoms with Crippen LogP contribution in [0.4, 0.5) is 11.5 Å². The average Bonchev–Trinajstić information content (AvgIpc) is 2.74. The molecule has 1 aliphatic rings. The van der Waals surface area contributed by atoms with Crippen molar-refractivity contribution in [2.24, 2.45) is 0 Å². The van der Waals surface area contributed by atoms with Gasteiger partial charge in [0.25, 0.3) is 0 Å². The highest BCUT2D eigenvalue weighted by molar-refractivity contribution is 5.73. The van der Waals surface area contributed by atoms with Crippen LogP contribution < -0.4 is 10.6 Å². The van der Waals surface area contributed by atoms with Crippen LogP contribution in [0.5, 0.6) is 0 Å². The van der Waals surface area contributed by atoms with Gasteiger partial charge in [-0.15, -0.1) is 0 Å². The van der Waals surface area contributed by atoms with Crippen LogP contribution in [0.2, 0.25) is 0 Å². The number of hydrogen-bond donors (Lipinski definition) is 1. The van der Waals surface area contributed by atoms with Crippen LogP contribution in [-0.4, -0.2) is 41.3 Å². The summed E-state index contributed by atoms with van der Waals surface area (Å²) in [5.74, 6) is 1.69. The lowest BCUT2D eigenvalue weighted by molar-refractivity contribution is 0.122. The van der Waals surface area contributed by atoms with Crippen LogP contribution >= 0.6 is 0 Å². The summed E-state index contributed by atoms with van der Waals surface area (Å²) in [6.45, 7) is 5.24. The van der Waals surface area contributed by atoms with Crippen molar-refractivity contribution in [3.8, 4) is 22.6 Å². The lowest BCUT2D eigenvalue weighted by atomic mass is 10.0. The summed E-state index contributed by atoms with van der Waals surface area (Å²) in [5.41, 5.74) is 10.6. The maximum Gasteiger partial charge on any atom is 0.162 e. The van der Waals surface area contributed by atoms with E-state index in [2.05, 4.69) is 16.8 Å². The molecule has 3 aromatic rings. The molecule has 2 aromatic heterocycles. The van der Waals surface area contributed by atoms with E-state index >= 15 is 0 Å². The van der Waals surface area contributed by atoms with Crippen molar-refractivity contribution in [1.29, 1.82) is 0 Å². The molecular weight excluding hydrogens is 338 g/mol. The quantitative estimate of drug-likeness (QED) is 0.719. The number of nitrogens with zero attached hydrogens (tertiary/aromatic N) is 4. The molecule has 0 saturated carbocycles. The average molecular weight is 361 g/mol. The van der Waals surface area contributed by atoms with Gasteiger partial charge < -0.3 is 15.4 Å². The first-order valence-electron chi connectivity index (χ1n) is 9.26. The minimum Gasteiger partial charge on any atom is -0.399 e. The van der Waals surface area contributed by atoms with Gasteiger partial charge in [-0.2, -0.15) is 0 Å². The van der Waals surface area contributed by atoms with Crippen LogP contribution in [0.1, 0.15) is 12.5 Å². The SMILES string of the molecule is CCc1c(-c2cccnc2)nc(-c2ccc(N)cc2)nc1N1CCOCC1. The summed E-state index contributed by atoms with van der Waals surface area (Å²) >= 11 is 0. The number of nitrogen functional groups attached to an aromatic ring is 1. The van der Waals surface area contributed by atoms with Gasteiger partial charge in [0.1, 0.15) is 5.82 Å². The van der Waals surface area contributed by atoms with E-state index in [1.165, 1.54) is 0 Å². The van der Waals surface area contributed by atoms with Gasteiger partial charge in [0, 0.05) is 47.9 Å². The zero-order valence-electron chi connectivity index (χ0n) is 15.4. The van der Waals surface area contributed by atoms with Gasteiger partial charge in [0.05, 0.1) is 18.9 Å². The number of aromatic nitrogens is 3. The third-order valence-electron chi connectivity index (χ3n) is 4.75. The van der Waals surface area contributed by atoms with E-state index in [-0.39, 0.29) is 0 Å². The molecule has 0 bridgehead atoms. The summed E-state index contributed by atoms with van der Waals surface area (Å²) in [6.07, 6.45) is 4.48. The van der Waals surface area contributed by atoms with Gasteiger partial charge in [0.2, 0.25) is 0 Å². The zero-order valence-corrected chi connectivity index (χ0v) is 15.4. The van der Waals surface area contributed by atoms with Gasteiger partial charge in [-0.3, -0.25) is 4.98 Å². The van der Waals surface area contributed by atoms with Gasteiger partial charge in [0.15, 0.2) is 5.82 Å². The maximum atomic E-state index is 5.85. The Morgan fingerprint density at radius 1 is 1.04 bits per heavy atom. The Morgan fingerprint density at radius 3 is 2.48 bits per heavy atom. The Kier molecular flexibility index (Phi) is 4.98. The zero-order chi connectivity index (χ0) is 18.6. The van der Waals surface area contributed by atoms with Gasteiger partial charge in [-0.1, -0.05) is 6.92 Å². The molecule has 0 spiro atoms. The monoisotopic (exact) mass is 361 g/mol. The summed E-state index contributed by atoms with van der Waals surface area (Å²) < 4.78 is 5.53. The number of ether oxygens (including phenoxy) is 1. The Labute approximate surface area is 159 Å². The summed E-state index contributed by atoms with van der Waals surface area (Å²) in [5, 5.41) is 0. The van der Waals surface area contributed by atoms with Crippen molar-refractivity contribution in [1.82, 2.24) is 15.0 Å². The molecule has 4 rings (SSSR count). The van der Waals surface area contributed by atoms with E-state index in [9.17, 15) is 0 Å². The third kappa shape index (κ3) is 3.61. The number of pyridine rings is 1. The molecule has 1 saturated heterocycles. The molecule has 2 N–H and O–H groups in total. The topological polar surface area (TPSA) is 77.2 Å². The highest BCUT2D eigenvalue weighted by Gasteiger charge is 2.21. The first-order chi connectivity index (χ1) is 13.3. The van der Waals surface area contributed by atoms with Crippen LogP contribution in [0.25, 0.3) is 22.6 Å². The normalized spacial score (nSPS) is 14.3. The largest absolute Gasteiger partial charge is 0.399 e. The number of anilines is 2. The van der Waals surface area contributed by atoms with Crippen molar-refractivity contribution in [3.05, 3.63) is 54.4 Å². The second kappa shape index (κ2) is 7.72. The molecule has 1 fully saturated rings. The molecule has 0 amide bonds. The second-order valence-electron chi connectivity index (χ2n) is 6.51. The number of benzene rings is 1. The third-order valence-corrected chi connectivity index (χ3v) is 4.75. The van der Waals surface area contributed by atoms with Crippen molar-refractivity contribution in [3.63, 3.8) is 0 Å². The number of nitrogens with two attached hydrogens (primary N) is 1. The lowest BCUT2D eigenvalue weighted by Crippen LogP contribution is -2.37. The molecule has 1 aliphatic heterocycles. The van der Waals surface area contributed by atoms with Gasteiger partial charge in [-0.25, -0.2) is 9.97 Å². The van der Waals surface area contributed by atoms with Gasteiger partial charge in [-0.05, 0) is 42.8 Å². The standard InChI is InChI=1S/C21H23N5O/c1-2-18-19(16-4-3-9-23-14-16)24-20(15-5-7-17(22)8-6-15)25-21(18)26-10-12-27-13-11-26/h3-9,14H,2,10-13,22H2,1H3. The van der Waals surface area contributed by atoms with Crippen molar-refractivity contribution < 1.29 is 4.74 Å². The van der Waals surface area contributed by atoms with Crippen LogP contribution in [0.3, 0.4) is 0 Å². The predicted octanol–water partition coefficient (Wildman–Crippen LogP) is 3.19. The fourth-order valence-corrected chi connectivity index (χ4v) is 3.34. The molecule has 3 heterocycles. The van der Waals surface area contributed by atoms with Crippen LogP contribution in [0.15, 0.2) is 48.8 Å². The Hall–Kier alpha value is -2.99. The summed E-state index contributed by atoms with van der Waals surface area (Å²) in [4.78, 5) is 16.4. The van der Waals surface area contributed by atoms with E-state index in [0.717, 1.165) is 53.4 Å². The van der Waals surface area contributed by atoms with Gasteiger partial charge >= 0.3 is 0 Å². The fourth-order valence-electron chi connectivity index (χ4n) is 3.34. The van der Waals surface area contributed by atoms with E-state index < -0.39 is 0 Å². The van der Waals surface area contributed by atoms with E-state index in [1.807, 2.05) is 42.6 Å². The van der Waals surface area contributed by atoms with Crippen LogP contribution in [-0.2, 0) is 11.2 Å². The minimum atomic E-state index is 0.701. The van der Waals surface area contributed by atoms with E-state index in [0.29, 0.717) is 19.0 Å². The maximum absolute atomic E-state index is 5.85. The highest BCUT2D eigenvalue weighted by Crippen LogP contribution is 2.32. The van der Waals surface area contributed by atoms with Crippen LogP contribution in [0, 0.1) is 0 Å². The first-order valence-corrected chi connectivity index (χ1v) is 9.26. The first kappa shape index (κ1) is 17.4. The second-order valence-corrected chi connectivity index (χ2v) is 6.51. The number of hydrogen-bond acceptors (Lipinski definition) is 6. The molecular formula is C21H23N5O. The Balaban J connectivity index is 1.90. The van der Waals surface area contributed by atoms with E-state index in [1.54, 1.807) is 6.20 Å². The Bertz CT molecular complexity index is 906. The predicted molar refractivity (Wildman–Crippen MR) is 108 cm³/mol. The molecule has 0 atom stereocenters. The fraction of sp³-hybridized carbons (Fsp3) is 0.286. The molecule has 1 aromatic carbocycles. The summed E-state index contributed by atoms with van der Waals surface area (Å²) in [6, 6.07) is 11.7. The molecule has 6 nitrogen and oxygen atoms in total. The minimum absolute atomic E-state index is 0.701. The molecule has 0 unspecified atom stereocenters. The molecule has 0 aliphatic carbocycles. The molecule has 138 valence electrons. The summed E-state index contributed by atoms with van der Waals surface area (Å²) in [7, 11) is 0. The van der Waals surface area contributed by atoms with Crippen molar-refractivity contribution in [2.75, 3.05) is 36.9 Å². The molecule has 27 heavy (non-hydrogen) atoms. The number of morpholine rings is 1.